The van der Waals surface area contributed by atoms with Crippen molar-refractivity contribution in [2.24, 2.45) is 0 Å². The molecule has 54 valence electrons. The second-order valence-electron chi connectivity index (χ2n) is 1.77. The van der Waals surface area contributed by atoms with Crippen LogP contribution in [0, 0.1) is 0 Å². The van der Waals surface area contributed by atoms with Gasteiger partial charge < -0.3 is 4.98 Å². The standard InChI is InChI=1S/C6H5BrClNO/c7-5-1-2-9-6(10)4(5)3-8/h1-2H,3H2,(H,9,10). The Morgan fingerprint density at radius 3 is 2.80 bits per heavy atom. The number of hydrogen-bond acceptors (Lipinski definition) is 1. The van der Waals surface area contributed by atoms with Gasteiger partial charge in [-0.05, 0) is 6.07 Å². The smallest absolute Gasteiger partial charge is 0.253 e. The van der Waals surface area contributed by atoms with E-state index in [9.17, 15) is 4.79 Å². The van der Waals surface area contributed by atoms with Crippen molar-refractivity contribution in [1.29, 1.82) is 0 Å². The summed E-state index contributed by atoms with van der Waals surface area (Å²) in [6.07, 6.45) is 1.57. The predicted molar refractivity (Wildman–Crippen MR) is 44.3 cm³/mol. The molecule has 0 atom stereocenters. The summed E-state index contributed by atoms with van der Waals surface area (Å²) in [4.78, 5) is 13.4. The first kappa shape index (κ1) is 7.82. The Bertz CT molecular complexity index is 283. The van der Waals surface area contributed by atoms with E-state index < -0.39 is 0 Å². The molecular formula is C6H5BrClNO. The quantitative estimate of drug-likeness (QED) is 0.723. The molecule has 0 bridgehead atoms. The largest absolute Gasteiger partial charge is 0.329 e. The van der Waals surface area contributed by atoms with Gasteiger partial charge >= 0.3 is 0 Å². The summed E-state index contributed by atoms with van der Waals surface area (Å²) in [7, 11) is 0. The van der Waals surface area contributed by atoms with Crippen LogP contribution < -0.4 is 5.56 Å². The van der Waals surface area contributed by atoms with Crippen LogP contribution in [0.3, 0.4) is 0 Å². The van der Waals surface area contributed by atoms with Gasteiger partial charge in [0.2, 0.25) is 0 Å². The lowest BCUT2D eigenvalue weighted by molar-refractivity contribution is 1.15. The maximum atomic E-state index is 10.9. The number of aromatic nitrogens is 1. The molecule has 0 spiro atoms. The molecule has 1 N–H and O–H groups in total. The van der Waals surface area contributed by atoms with E-state index in [0.717, 1.165) is 4.47 Å². The highest BCUT2D eigenvalue weighted by molar-refractivity contribution is 9.10. The average Bonchev–Trinajstić information content (AvgIpc) is 1.88. The van der Waals surface area contributed by atoms with Crippen LogP contribution >= 0.6 is 27.5 Å². The number of pyridine rings is 1. The first-order valence-corrected chi connectivity index (χ1v) is 4.00. The lowest BCUT2D eigenvalue weighted by atomic mass is 10.3. The summed E-state index contributed by atoms with van der Waals surface area (Å²) < 4.78 is 0.756. The zero-order valence-corrected chi connectivity index (χ0v) is 7.37. The second kappa shape index (κ2) is 3.21. The van der Waals surface area contributed by atoms with E-state index in [1.54, 1.807) is 12.3 Å². The van der Waals surface area contributed by atoms with Crippen LogP contribution in [0.5, 0.6) is 0 Å². The molecule has 10 heavy (non-hydrogen) atoms. The maximum absolute atomic E-state index is 10.9. The minimum absolute atomic E-state index is 0.135. The summed E-state index contributed by atoms with van der Waals surface area (Å²) in [5.41, 5.74) is 0.438. The van der Waals surface area contributed by atoms with Crippen LogP contribution in [0.25, 0.3) is 0 Å². The van der Waals surface area contributed by atoms with Gasteiger partial charge in [0.1, 0.15) is 0 Å². The number of aromatic amines is 1. The van der Waals surface area contributed by atoms with Gasteiger partial charge in [-0.1, -0.05) is 15.9 Å². The van der Waals surface area contributed by atoms with Crippen LogP contribution in [-0.4, -0.2) is 4.98 Å². The van der Waals surface area contributed by atoms with Crippen molar-refractivity contribution < 1.29 is 0 Å². The van der Waals surface area contributed by atoms with Gasteiger partial charge in [0.25, 0.3) is 5.56 Å². The molecular weight excluding hydrogens is 217 g/mol. The van der Waals surface area contributed by atoms with E-state index in [-0.39, 0.29) is 11.4 Å². The van der Waals surface area contributed by atoms with Gasteiger partial charge in [-0.25, -0.2) is 0 Å². The fourth-order valence-corrected chi connectivity index (χ4v) is 1.49. The Balaban J connectivity index is 3.31. The summed E-state index contributed by atoms with van der Waals surface area (Å²) in [6.45, 7) is 0. The van der Waals surface area contributed by atoms with Crippen LogP contribution in [0.15, 0.2) is 21.5 Å². The molecule has 1 aromatic rings. The number of H-pyrrole nitrogens is 1. The molecule has 0 aliphatic rings. The summed E-state index contributed by atoms with van der Waals surface area (Å²) in [5.74, 6) is 0.233. The number of hydrogen-bond donors (Lipinski definition) is 1. The molecule has 0 radical (unpaired) electrons. The van der Waals surface area contributed by atoms with Crippen molar-refractivity contribution in [3.8, 4) is 0 Å². The third kappa shape index (κ3) is 1.41. The van der Waals surface area contributed by atoms with Crippen LogP contribution in [0.4, 0.5) is 0 Å². The Kier molecular flexibility index (Phi) is 2.51. The zero-order valence-electron chi connectivity index (χ0n) is 5.03. The van der Waals surface area contributed by atoms with Crippen molar-refractivity contribution in [3.63, 3.8) is 0 Å². The minimum atomic E-state index is -0.135. The highest BCUT2D eigenvalue weighted by Gasteiger charge is 2.00. The topological polar surface area (TPSA) is 32.9 Å². The molecule has 1 heterocycles. The third-order valence-electron chi connectivity index (χ3n) is 1.14. The lowest BCUT2D eigenvalue weighted by Crippen LogP contribution is -2.10. The molecule has 2 nitrogen and oxygen atoms in total. The van der Waals surface area contributed by atoms with E-state index in [2.05, 4.69) is 20.9 Å². The summed E-state index contributed by atoms with van der Waals surface area (Å²) in [6, 6.07) is 1.75. The number of nitrogens with one attached hydrogen (secondary N) is 1. The highest BCUT2D eigenvalue weighted by atomic mass is 79.9. The summed E-state index contributed by atoms with van der Waals surface area (Å²) in [5, 5.41) is 0. The van der Waals surface area contributed by atoms with E-state index in [0.29, 0.717) is 5.56 Å². The van der Waals surface area contributed by atoms with Gasteiger partial charge in [0.15, 0.2) is 0 Å². The molecule has 0 aromatic carbocycles. The molecule has 0 aliphatic carbocycles. The first-order chi connectivity index (χ1) is 4.75. The van der Waals surface area contributed by atoms with Crippen LogP contribution in [-0.2, 0) is 5.88 Å². The first-order valence-electron chi connectivity index (χ1n) is 2.67. The third-order valence-corrected chi connectivity index (χ3v) is 2.15. The average molecular weight is 222 g/mol. The molecule has 0 amide bonds. The molecule has 4 heteroatoms. The molecule has 0 fully saturated rings. The second-order valence-corrected chi connectivity index (χ2v) is 2.89. The van der Waals surface area contributed by atoms with Crippen molar-refractivity contribution in [2.75, 3.05) is 0 Å². The van der Waals surface area contributed by atoms with Gasteiger partial charge in [-0.2, -0.15) is 0 Å². The van der Waals surface area contributed by atoms with Crippen molar-refractivity contribution >= 4 is 27.5 Å². The van der Waals surface area contributed by atoms with Crippen LogP contribution in [0.2, 0.25) is 0 Å². The number of alkyl halides is 1. The lowest BCUT2D eigenvalue weighted by Gasteiger charge is -1.94. The highest BCUT2D eigenvalue weighted by Crippen LogP contribution is 2.12. The molecule has 0 unspecified atom stereocenters. The van der Waals surface area contributed by atoms with Crippen molar-refractivity contribution in [3.05, 3.63) is 32.7 Å². The Hall–Kier alpha value is -0.280. The van der Waals surface area contributed by atoms with E-state index >= 15 is 0 Å². The van der Waals surface area contributed by atoms with E-state index in [4.69, 9.17) is 11.6 Å². The fraction of sp³-hybridized carbons (Fsp3) is 0.167. The monoisotopic (exact) mass is 221 g/mol. The van der Waals surface area contributed by atoms with E-state index in [1.165, 1.54) is 0 Å². The SMILES string of the molecule is O=c1[nH]ccc(Br)c1CCl. The number of halogens is 2. The maximum Gasteiger partial charge on any atom is 0.253 e. The predicted octanol–water partition coefficient (Wildman–Crippen LogP) is 1.88. The van der Waals surface area contributed by atoms with E-state index in [1.807, 2.05) is 0 Å². The minimum Gasteiger partial charge on any atom is -0.329 e. The molecule has 0 aliphatic heterocycles. The molecule has 0 saturated carbocycles. The normalized spacial score (nSPS) is 9.80. The summed E-state index contributed by atoms with van der Waals surface area (Å²) >= 11 is 8.69. The molecule has 1 aromatic heterocycles. The fourth-order valence-electron chi connectivity index (χ4n) is 0.611. The number of rotatable bonds is 1. The van der Waals surface area contributed by atoms with Crippen molar-refractivity contribution in [1.82, 2.24) is 4.98 Å². The molecule has 0 saturated heterocycles. The Morgan fingerprint density at radius 1 is 1.70 bits per heavy atom. The van der Waals surface area contributed by atoms with Crippen LogP contribution in [0.1, 0.15) is 5.56 Å². The zero-order chi connectivity index (χ0) is 7.56. The molecule has 1 rings (SSSR count). The van der Waals surface area contributed by atoms with Gasteiger partial charge in [0, 0.05) is 16.2 Å². The Labute approximate surface area is 71.3 Å². The van der Waals surface area contributed by atoms with Gasteiger partial charge in [0.05, 0.1) is 5.88 Å². The Morgan fingerprint density at radius 2 is 2.40 bits per heavy atom. The van der Waals surface area contributed by atoms with Gasteiger partial charge in [-0.15, -0.1) is 11.6 Å². The van der Waals surface area contributed by atoms with Crippen molar-refractivity contribution in [2.45, 2.75) is 5.88 Å². The van der Waals surface area contributed by atoms with Gasteiger partial charge in [-0.3, -0.25) is 4.79 Å².